The van der Waals surface area contributed by atoms with Crippen LogP contribution in [-0.2, 0) is 22.6 Å². The quantitative estimate of drug-likeness (QED) is 0.611. The Labute approximate surface area is 177 Å². The fraction of sp³-hybridized carbons (Fsp3) is 0.318. The van der Waals surface area contributed by atoms with E-state index in [1.165, 1.54) is 9.13 Å². The summed E-state index contributed by atoms with van der Waals surface area (Å²) in [4.78, 5) is 38.2. The van der Waals surface area contributed by atoms with Crippen molar-refractivity contribution in [3.05, 3.63) is 79.8 Å². The molecule has 0 spiro atoms. The number of aromatic nitrogens is 2. The van der Waals surface area contributed by atoms with E-state index in [9.17, 15) is 14.4 Å². The van der Waals surface area contributed by atoms with Gasteiger partial charge in [-0.1, -0.05) is 41.9 Å². The zero-order valence-corrected chi connectivity index (χ0v) is 17.1. The van der Waals surface area contributed by atoms with Crippen molar-refractivity contribution in [3.8, 4) is 0 Å². The van der Waals surface area contributed by atoms with Gasteiger partial charge in [0, 0.05) is 18.2 Å². The topological polar surface area (TPSA) is 82.3 Å². The second-order valence-corrected chi connectivity index (χ2v) is 7.78. The van der Waals surface area contributed by atoms with Gasteiger partial charge in [0.05, 0.1) is 23.7 Å². The molecule has 3 aromatic rings. The highest BCUT2D eigenvalue weighted by molar-refractivity contribution is 6.31. The number of benzene rings is 2. The fourth-order valence-electron chi connectivity index (χ4n) is 3.70. The SMILES string of the molecule is O=C(Cn1c(=O)c(=O)n(Cc2ccccc2)c2ccc(Cl)cc21)NC[C@H]1CCCO1. The second-order valence-electron chi connectivity index (χ2n) is 7.34. The Balaban J connectivity index is 1.69. The first kappa shape index (κ1) is 20.4. The molecule has 0 unspecified atom stereocenters. The molecule has 4 rings (SSSR count). The summed E-state index contributed by atoms with van der Waals surface area (Å²) in [5.41, 5.74) is 0.436. The molecule has 30 heavy (non-hydrogen) atoms. The van der Waals surface area contributed by atoms with Crippen LogP contribution in [0.1, 0.15) is 18.4 Å². The van der Waals surface area contributed by atoms with Crippen LogP contribution in [0.25, 0.3) is 11.0 Å². The first-order valence-corrected chi connectivity index (χ1v) is 10.3. The van der Waals surface area contributed by atoms with Crippen molar-refractivity contribution in [3.63, 3.8) is 0 Å². The third-order valence-electron chi connectivity index (χ3n) is 5.23. The summed E-state index contributed by atoms with van der Waals surface area (Å²) in [7, 11) is 0. The molecule has 0 aliphatic carbocycles. The van der Waals surface area contributed by atoms with Crippen molar-refractivity contribution < 1.29 is 9.53 Å². The standard InChI is InChI=1S/C22H22ClN3O4/c23-16-8-9-18-19(11-16)26(14-20(27)24-12-17-7-4-10-30-17)22(29)21(28)25(18)13-15-5-2-1-3-6-15/h1-3,5-6,8-9,11,17H,4,7,10,12-14H2,(H,24,27)/t17-/m1/s1. The van der Waals surface area contributed by atoms with Gasteiger partial charge in [-0.05, 0) is 36.6 Å². The first-order chi connectivity index (χ1) is 14.5. The molecule has 7 nitrogen and oxygen atoms in total. The summed E-state index contributed by atoms with van der Waals surface area (Å²) in [6.45, 7) is 1.07. The number of fused-ring (bicyclic) bond motifs is 1. The fourth-order valence-corrected chi connectivity index (χ4v) is 3.87. The first-order valence-electron chi connectivity index (χ1n) is 9.88. The molecule has 2 aromatic carbocycles. The monoisotopic (exact) mass is 427 g/mol. The van der Waals surface area contributed by atoms with Crippen LogP contribution in [0.5, 0.6) is 0 Å². The number of carbonyl (C=O) groups is 1. The van der Waals surface area contributed by atoms with Gasteiger partial charge in [-0.2, -0.15) is 0 Å². The molecule has 8 heteroatoms. The minimum Gasteiger partial charge on any atom is -0.376 e. The Bertz CT molecular complexity index is 1180. The largest absolute Gasteiger partial charge is 0.376 e. The minimum atomic E-state index is -0.757. The number of amides is 1. The Morgan fingerprint density at radius 2 is 1.83 bits per heavy atom. The molecule has 1 amide bonds. The summed E-state index contributed by atoms with van der Waals surface area (Å²) in [6, 6.07) is 14.4. The van der Waals surface area contributed by atoms with Crippen LogP contribution in [-0.4, -0.2) is 34.3 Å². The number of halogens is 1. The summed E-state index contributed by atoms with van der Waals surface area (Å²) < 4.78 is 8.11. The zero-order chi connectivity index (χ0) is 21.1. The predicted molar refractivity (Wildman–Crippen MR) is 115 cm³/mol. The number of carbonyl (C=O) groups excluding carboxylic acids is 1. The lowest BCUT2D eigenvalue weighted by Gasteiger charge is -2.16. The summed E-state index contributed by atoms with van der Waals surface area (Å²) in [6.07, 6.45) is 1.87. The maximum atomic E-state index is 12.9. The van der Waals surface area contributed by atoms with Crippen molar-refractivity contribution in [2.75, 3.05) is 13.2 Å². The second kappa shape index (κ2) is 8.85. The lowest BCUT2D eigenvalue weighted by atomic mass is 10.2. The lowest BCUT2D eigenvalue weighted by molar-refractivity contribution is -0.122. The van der Waals surface area contributed by atoms with Gasteiger partial charge in [-0.25, -0.2) is 0 Å². The molecule has 1 aliphatic rings. The van der Waals surface area contributed by atoms with E-state index in [-0.39, 0.29) is 25.1 Å². The van der Waals surface area contributed by atoms with Crippen LogP contribution in [0, 0.1) is 0 Å². The summed E-state index contributed by atoms with van der Waals surface area (Å²) >= 11 is 6.16. The molecule has 1 atom stereocenters. The molecule has 1 fully saturated rings. The average Bonchev–Trinajstić information content (AvgIpc) is 3.27. The van der Waals surface area contributed by atoms with Crippen LogP contribution in [0.15, 0.2) is 58.1 Å². The molecular weight excluding hydrogens is 406 g/mol. The zero-order valence-electron chi connectivity index (χ0n) is 16.3. The van der Waals surface area contributed by atoms with Crippen molar-refractivity contribution >= 4 is 28.5 Å². The molecule has 1 aliphatic heterocycles. The lowest BCUT2D eigenvalue weighted by Crippen LogP contribution is -2.44. The van der Waals surface area contributed by atoms with E-state index in [1.54, 1.807) is 18.2 Å². The Morgan fingerprint density at radius 3 is 2.57 bits per heavy atom. The summed E-state index contributed by atoms with van der Waals surface area (Å²) in [5.74, 6) is -0.353. The van der Waals surface area contributed by atoms with Gasteiger partial charge < -0.3 is 10.1 Å². The van der Waals surface area contributed by atoms with Gasteiger partial charge in [-0.15, -0.1) is 0 Å². The van der Waals surface area contributed by atoms with Crippen LogP contribution < -0.4 is 16.4 Å². The van der Waals surface area contributed by atoms with Crippen molar-refractivity contribution in [2.24, 2.45) is 0 Å². The van der Waals surface area contributed by atoms with Gasteiger partial charge in [-0.3, -0.25) is 23.5 Å². The van der Waals surface area contributed by atoms with E-state index in [4.69, 9.17) is 16.3 Å². The molecular formula is C22H22ClN3O4. The van der Waals surface area contributed by atoms with Crippen molar-refractivity contribution in [1.82, 2.24) is 14.5 Å². The van der Waals surface area contributed by atoms with E-state index in [0.717, 1.165) is 18.4 Å². The van der Waals surface area contributed by atoms with Gasteiger partial charge in [0.25, 0.3) is 0 Å². The number of hydrogen-bond donors (Lipinski definition) is 1. The normalized spacial score (nSPS) is 16.1. The van der Waals surface area contributed by atoms with Gasteiger partial charge in [0.1, 0.15) is 6.54 Å². The Kier molecular flexibility index (Phi) is 6.01. The molecule has 1 N–H and O–H groups in total. The molecule has 0 bridgehead atoms. The number of nitrogens with zero attached hydrogens (tertiary/aromatic N) is 2. The molecule has 0 radical (unpaired) electrons. The predicted octanol–water partition coefficient (Wildman–Crippen LogP) is 2.16. The minimum absolute atomic E-state index is 0.00395. The van der Waals surface area contributed by atoms with Gasteiger partial charge in [0.2, 0.25) is 5.91 Å². The van der Waals surface area contributed by atoms with Gasteiger partial charge in [0.15, 0.2) is 0 Å². The smallest absolute Gasteiger partial charge is 0.317 e. The van der Waals surface area contributed by atoms with Crippen molar-refractivity contribution in [1.29, 1.82) is 0 Å². The van der Waals surface area contributed by atoms with Crippen LogP contribution in [0.4, 0.5) is 0 Å². The molecule has 156 valence electrons. The maximum Gasteiger partial charge on any atom is 0.317 e. The van der Waals surface area contributed by atoms with Crippen LogP contribution in [0.2, 0.25) is 5.02 Å². The van der Waals surface area contributed by atoms with E-state index in [2.05, 4.69) is 5.32 Å². The number of rotatable bonds is 6. The average molecular weight is 428 g/mol. The highest BCUT2D eigenvalue weighted by Gasteiger charge is 2.19. The van der Waals surface area contributed by atoms with Crippen molar-refractivity contribution in [2.45, 2.75) is 32.0 Å². The Morgan fingerprint density at radius 1 is 1.07 bits per heavy atom. The molecule has 2 heterocycles. The molecule has 1 saturated heterocycles. The van der Waals surface area contributed by atoms with Crippen LogP contribution >= 0.6 is 11.6 Å². The van der Waals surface area contributed by atoms with E-state index in [1.807, 2.05) is 30.3 Å². The third kappa shape index (κ3) is 4.32. The van der Waals surface area contributed by atoms with E-state index < -0.39 is 11.1 Å². The van der Waals surface area contributed by atoms with Crippen LogP contribution in [0.3, 0.4) is 0 Å². The van der Waals surface area contributed by atoms with E-state index >= 15 is 0 Å². The molecule has 0 saturated carbocycles. The third-order valence-corrected chi connectivity index (χ3v) is 5.46. The maximum absolute atomic E-state index is 12.9. The number of hydrogen-bond acceptors (Lipinski definition) is 4. The number of nitrogens with one attached hydrogen (secondary N) is 1. The number of ether oxygens (including phenoxy) is 1. The Hall–Kier alpha value is -2.90. The van der Waals surface area contributed by atoms with Gasteiger partial charge >= 0.3 is 11.1 Å². The highest BCUT2D eigenvalue weighted by atomic mass is 35.5. The van der Waals surface area contributed by atoms with E-state index in [0.29, 0.717) is 29.2 Å². The summed E-state index contributed by atoms with van der Waals surface area (Å²) in [5, 5.41) is 3.21. The molecule has 1 aromatic heterocycles. The highest BCUT2D eigenvalue weighted by Crippen LogP contribution is 2.18.